The Bertz CT molecular complexity index is 838. The summed E-state index contributed by atoms with van der Waals surface area (Å²) in [6, 6.07) is 5.72. The van der Waals surface area contributed by atoms with Gasteiger partial charge in [-0.15, -0.1) is 11.3 Å². The van der Waals surface area contributed by atoms with Crippen LogP contribution >= 0.6 is 11.3 Å². The second-order valence-corrected chi connectivity index (χ2v) is 8.57. The van der Waals surface area contributed by atoms with Crippen LogP contribution in [0.1, 0.15) is 65.9 Å². The van der Waals surface area contributed by atoms with Gasteiger partial charge in [-0.1, -0.05) is 27.2 Å². The Labute approximate surface area is 152 Å². The Balaban J connectivity index is 1.86. The van der Waals surface area contributed by atoms with Crippen molar-refractivity contribution in [3.05, 3.63) is 39.7 Å². The van der Waals surface area contributed by atoms with Gasteiger partial charge in [0, 0.05) is 4.88 Å². The Hall–Kier alpha value is -2.06. The highest BCUT2D eigenvalue weighted by Gasteiger charge is 2.34. The number of hydrogen-bond donors (Lipinski definition) is 1. The van der Waals surface area contributed by atoms with Gasteiger partial charge in [0.2, 0.25) is 0 Å². The first-order valence-corrected chi connectivity index (χ1v) is 9.59. The molecule has 3 rings (SSSR count). The molecule has 0 aromatic carbocycles. The van der Waals surface area contributed by atoms with Gasteiger partial charge in [0.25, 0.3) is 5.91 Å². The monoisotopic (exact) mass is 356 g/mol. The SMILES string of the molecule is CCC(C)(C)[C@@H]1CCc2c(sc(NC(=O)c3ccc(C)o3)c2C#N)C1. The van der Waals surface area contributed by atoms with Crippen LogP contribution < -0.4 is 5.32 Å². The van der Waals surface area contributed by atoms with Crippen molar-refractivity contribution < 1.29 is 9.21 Å². The number of anilines is 1. The van der Waals surface area contributed by atoms with Gasteiger partial charge in [-0.2, -0.15) is 5.26 Å². The van der Waals surface area contributed by atoms with Crippen LogP contribution in [0.25, 0.3) is 0 Å². The molecule has 25 heavy (non-hydrogen) atoms. The van der Waals surface area contributed by atoms with Crippen LogP contribution in [0, 0.1) is 29.6 Å². The number of amides is 1. The summed E-state index contributed by atoms with van der Waals surface area (Å²) in [5, 5.41) is 13.1. The molecular formula is C20H24N2O2S. The quantitative estimate of drug-likeness (QED) is 0.807. The van der Waals surface area contributed by atoms with Crippen LogP contribution in [-0.2, 0) is 12.8 Å². The van der Waals surface area contributed by atoms with E-state index < -0.39 is 0 Å². The molecule has 2 heterocycles. The number of hydrogen-bond acceptors (Lipinski definition) is 4. The lowest BCUT2D eigenvalue weighted by atomic mass is 9.69. The number of carbonyl (C=O) groups excluding carboxylic acids is 1. The summed E-state index contributed by atoms with van der Waals surface area (Å²) in [7, 11) is 0. The van der Waals surface area contributed by atoms with Crippen molar-refractivity contribution >= 4 is 22.2 Å². The third-order valence-corrected chi connectivity index (χ3v) is 6.75. The second kappa shape index (κ2) is 6.68. The second-order valence-electron chi connectivity index (χ2n) is 7.47. The van der Waals surface area contributed by atoms with Crippen molar-refractivity contribution in [2.75, 3.05) is 5.32 Å². The molecule has 1 N–H and O–H groups in total. The molecule has 4 nitrogen and oxygen atoms in total. The summed E-state index contributed by atoms with van der Waals surface area (Å²) in [6.07, 6.45) is 4.15. The van der Waals surface area contributed by atoms with Crippen LogP contribution in [0.4, 0.5) is 5.00 Å². The van der Waals surface area contributed by atoms with Gasteiger partial charge in [-0.05, 0) is 55.2 Å². The van der Waals surface area contributed by atoms with Crippen LogP contribution in [0.5, 0.6) is 0 Å². The standard InChI is InChI=1S/C20H24N2O2S/c1-5-20(3,4)13-7-8-14-15(11-21)19(25-17(14)10-13)22-18(23)16-9-6-12(2)24-16/h6,9,13H,5,7-8,10H2,1-4H3,(H,22,23)/t13-/m1/s1. The number of aryl methyl sites for hydroxylation is 1. The van der Waals surface area contributed by atoms with E-state index in [1.165, 1.54) is 4.88 Å². The molecule has 1 aliphatic rings. The molecule has 5 heteroatoms. The van der Waals surface area contributed by atoms with E-state index in [0.717, 1.165) is 31.2 Å². The van der Waals surface area contributed by atoms with Crippen LogP contribution in [0.2, 0.25) is 0 Å². The van der Waals surface area contributed by atoms with E-state index in [1.807, 2.05) is 0 Å². The molecule has 0 bridgehead atoms. The molecule has 0 aliphatic heterocycles. The average Bonchev–Trinajstić information content (AvgIpc) is 3.17. The van der Waals surface area contributed by atoms with Crippen molar-refractivity contribution in [3.8, 4) is 6.07 Å². The van der Waals surface area contributed by atoms with Crippen molar-refractivity contribution in [3.63, 3.8) is 0 Å². The van der Waals surface area contributed by atoms with Crippen LogP contribution in [0.3, 0.4) is 0 Å². The largest absolute Gasteiger partial charge is 0.456 e. The topological polar surface area (TPSA) is 66.0 Å². The molecule has 1 amide bonds. The fourth-order valence-electron chi connectivity index (χ4n) is 3.47. The maximum absolute atomic E-state index is 12.4. The number of nitrogens with one attached hydrogen (secondary N) is 1. The molecule has 132 valence electrons. The van der Waals surface area contributed by atoms with Gasteiger partial charge < -0.3 is 9.73 Å². The van der Waals surface area contributed by atoms with Gasteiger partial charge in [0.05, 0.1) is 5.56 Å². The van der Waals surface area contributed by atoms with Crippen molar-refractivity contribution in [1.29, 1.82) is 5.26 Å². The highest BCUT2D eigenvalue weighted by atomic mass is 32.1. The summed E-state index contributed by atoms with van der Waals surface area (Å²) >= 11 is 1.55. The van der Waals surface area contributed by atoms with E-state index in [1.54, 1.807) is 30.4 Å². The maximum Gasteiger partial charge on any atom is 0.292 e. The molecule has 0 saturated carbocycles. The highest BCUT2D eigenvalue weighted by molar-refractivity contribution is 7.16. The maximum atomic E-state index is 12.4. The molecule has 1 atom stereocenters. The van der Waals surface area contributed by atoms with Gasteiger partial charge in [-0.25, -0.2) is 0 Å². The first kappa shape index (κ1) is 17.8. The van der Waals surface area contributed by atoms with E-state index in [2.05, 4.69) is 32.2 Å². The summed E-state index contributed by atoms with van der Waals surface area (Å²) in [4.78, 5) is 13.6. The first-order chi connectivity index (χ1) is 11.9. The molecule has 0 unspecified atom stereocenters. The minimum absolute atomic E-state index is 0.276. The third kappa shape index (κ3) is 3.36. The van der Waals surface area contributed by atoms with E-state index in [0.29, 0.717) is 27.7 Å². The van der Waals surface area contributed by atoms with E-state index in [9.17, 15) is 10.1 Å². The number of nitrogens with zero attached hydrogens (tertiary/aromatic N) is 1. The minimum Gasteiger partial charge on any atom is -0.456 e. The lowest BCUT2D eigenvalue weighted by molar-refractivity contribution is 0.0996. The molecule has 0 fully saturated rings. The lowest BCUT2D eigenvalue weighted by Gasteiger charge is -2.36. The Morgan fingerprint density at radius 3 is 2.84 bits per heavy atom. The van der Waals surface area contributed by atoms with Crippen LogP contribution in [-0.4, -0.2) is 5.91 Å². The molecule has 1 aliphatic carbocycles. The Kier molecular flexibility index (Phi) is 4.75. The predicted molar refractivity (Wildman–Crippen MR) is 100 cm³/mol. The van der Waals surface area contributed by atoms with Gasteiger partial charge in [0.15, 0.2) is 5.76 Å². The van der Waals surface area contributed by atoms with Crippen LogP contribution in [0.15, 0.2) is 16.5 Å². The van der Waals surface area contributed by atoms with E-state index >= 15 is 0 Å². The number of nitriles is 1. The van der Waals surface area contributed by atoms with Gasteiger partial charge in [0.1, 0.15) is 16.8 Å². The highest BCUT2D eigenvalue weighted by Crippen LogP contribution is 2.45. The third-order valence-electron chi connectivity index (χ3n) is 5.58. The van der Waals surface area contributed by atoms with Crippen molar-refractivity contribution in [2.45, 2.75) is 53.4 Å². The number of rotatable bonds is 4. The summed E-state index contributed by atoms with van der Waals surface area (Å²) < 4.78 is 5.38. The number of carbonyl (C=O) groups is 1. The summed E-state index contributed by atoms with van der Waals surface area (Å²) in [5.74, 6) is 1.29. The van der Waals surface area contributed by atoms with E-state index in [4.69, 9.17) is 4.42 Å². The number of fused-ring (bicyclic) bond motifs is 1. The van der Waals surface area contributed by atoms with E-state index in [-0.39, 0.29) is 11.7 Å². The normalized spacial score (nSPS) is 17.0. The smallest absolute Gasteiger partial charge is 0.292 e. The fraction of sp³-hybridized carbons (Fsp3) is 0.500. The molecule has 0 spiro atoms. The number of furan rings is 1. The van der Waals surface area contributed by atoms with Crippen molar-refractivity contribution in [1.82, 2.24) is 0 Å². The predicted octanol–water partition coefficient (Wildman–Crippen LogP) is 5.31. The average molecular weight is 356 g/mol. The van der Waals surface area contributed by atoms with Gasteiger partial charge >= 0.3 is 0 Å². The fourth-order valence-corrected chi connectivity index (χ4v) is 4.74. The first-order valence-electron chi connectivity index (χ1n) is 8.78. The zero-order chi connectivity index (χ0) is 18.2. The molecule has 2 aromatic rings. The molecule has 2 aromatic heterocycles. The van der Waals surface area contributed by atoms with Crippen molar-refractivity contribution in [2.24, 2.45) is 11.3 Å². The van der Waals surface area contributed by atoms with Gasteiger partial charge in [-0.3, -0.25) is 4.79 Å². The molecule has 0 radical (unpaired) electrons. The summed E-state index contributed by atoms with van der Waals surface area (Å²) in [5.41, 5.74) is 2.05. The lowest BCUT2D eigenvalue weighted by Crippen LogP contribution is -2.28. The summed E-state index contributed by atoms with van der Waals surface area (Å²) in [6.45, 7) is 8.69. The Morgan fingerprint density at radius 2 is 2.24 bits per heavy atom. The minimum atomic E-state index is -0.298. The molecule has 0 saturated heterocycles. The number of thiophene rings is 1. The zero-order valence-electron chi connectivity index (χ0n) is 15.2. The Morgan fingerprint density at radius 1 is 1.48 bits per heavy atom. The zero-order valence-corrected chi connectivity index (χ0v) is 16.0. The molecular weight excluding hydrogens is 332 g/mol.